The van der Waals surface area contributed by atoms with E-state index in [0.717, 1.165) is 17.5 Å². The number of nitrogens with one attached hydrogen (secondary N) is 1. The van der Waals surface area contributed by atoms with Crippen molar-refractivity contribution >= 4 is 5.91 Å². The third kappa shape index (κ3) is 4.13. The third-order valence-corrected chi connectivity index (χ3v) is 4.09. The Morgan fingerprint density at radius 2 is 1.96 bits per heavy atom. The highest BCUT2D eigenvalue weighted by atomic mass is 19.1. The normalized spacial score (nSPS) is 20.4. The molecule has 0 saturated carbocycles. The summed E-state index contributed by atoms with van der Waals surface area (Å²) in [6.45, 7) is 1.22. The molecule has 2 heterocycles. The number of nitrogens with zero attached hydrogens (tertiary/aromatic N) is 1. The summed E-state index contributed by atoms with van der Waals surface area (Å²) in [4.78, 5) is 16.0. The third-order valence-electron chi connectivity index (χ3n) is 4.09. The Kier molecular flexibility index (Phi) is 4.98. The van der Waals surface area contributed by atoms with Gasteiger partial charge < -0.3 is 10.1 Å². The van der Waals surface area contributed by atoms with Crippen LogP contribution in [0.25, 0.3) is 0 Å². The van der Waals surface area contributed by atoms with E-state index in [9.17, 15) is 9.18 Å². The van der Waals surface area contributed by atoms with E-state index in [0.29, 0.717) is 19.6 Å². The van der Waals surface area contributed by atoms with Crippen LogP contribution >= 0.6 is 0 Å². The average molecular weight is 314 g/mol. The molecular formula is C18H19FN2O2. The molecule has 1 aliphatic rings. The number of pyridine rings is 1. The molecule has 120 valence electrons. The minimum atomic E-state index is -0.256. The van der Waals surface area contributed by atoms with Crippen molar-refractivity contribution in [3.05, 3.63) is 65.7 Å². The van der Waals surface area contributed by atoms with Crippen molar-refractivity contribution in [1.82, 2.24) is 10.3 Å². The van der Waals surface area contributed by atoms with Crippen LogP contribution in [0.2, 0.25) is 0 Å². The van der Waals surface area contributed by atoms with Crippen molar-refractivity contribution in [2.75, 3.05) is 13.2 Å². The molecule has 5 heteroatoms. The molecule has 1 aromatic carbocycles. The number of hydrogen-bond acceptors (Lipinski definition) is 3. The first kappa shape index (κ1) is 15.6. The number of aromatic nitrogens is 1. The van der Waals surface area contributed by atoms with Crippen molar-refractivity contribution < 1.29 is 13.9 Å². The Balaban J connectivity index is 1.54. The number of carbonyl (C=O) groups is 1. The summed E-state index contributed by atoms with van der Waals surface area (Å²) in [6.07, 6.45) is 4.50. The Morgan fingerprint density at radius 1 is 1.22 bits per heavy atom. The molecule has 1 saturated heterocycles. The number of benzene rings is 1. The molecule has 4 nitrogen and oxygen atoms in total. The molecule has 0 bridgehead atoms. The summed E-state index contributed by atoms with van der Waals surface area (Å²) in [6, 6.07) is 10.0. The van der Waals surface area contributed by atoms with Crippen LogP contribution in [-0.4, -0.2) is 24.0 Å². The lowest BCUT2D eigenvalue weighted by atomic mass is 9.95. The molecule has 0 spiro atoms. The van der Waals surface area contributed by atoms with E-state index in [1.165, 1.54) is 12.1 Å². The predicted octanol–water partition coefficient (Wildman–Crippen LogP) is 2.66. The van der Waals surface area contributed by atoms with E-state index in [2.05, 4.69) is 10.3 Å². The lowest BCUT2D eigenvalue weighted by molar-refractivity contribution is -0.120. The first-order valence-electron chi connectivity index (χ1n) is 7.75. The van der Waals surface area contributed by atoms with Gasteiger partial charge in [0.25, 0.3) is 0 Å². The second-order valence-electron chi connectivity index (χ2n) is 5.73. The zero-order valence-corrected chi connectivity index (χ0v) is 12.7. The zero-order chi connectivity index (χ0) is 16.1. The van der Waals surface area contributed by atoms with Gasteiger partial charge >= 0.3 is 0 Å². The number of ether oxygens (including phenoxy) is 1. The number of hydrogen-bond donors (Lipinski definition) is 1. The molecular weight excluding hydrogens is 295 g/mol. The number of rotatable bonds is 5. The van der Waals surface area contributed by atoms with Crippen molar-refractivity contribution in [2.24, 2.45) is 5.92 Å². The Hall–Kier alpha value is -2.27. The van der Waals surface area contributed by atoms with Crippen LogP contribution < -0.4 is 5.32 Å². The van der Waals surface area contributed by atoms with Crippen LogP contribution in [0.1, 0.15) is 23.7 Å². The molecule has 23 heavy (non-hydrogen) atoms. The van der Waals surface area contributed by atoms with Gasteiger partial charge in [0, 0.05) is 31.5 Å². The minimum Gasteiger partial charge on any atom is -0.373 e. The van der Waals surface area contributed by atoms with Crippen LogP contribution in [0.3, 0.4) is 0 Å². The molecule has 0 unspecified atom stereocenters. The largest absolute Gasteiger partial charge is 0.373 e. The summed E-state index contributed by atoms with van der Waals surface area (Å²) >= 11 is 0. The van der Waals surface area contributed by atoms with Gasteiger partial charge in [-0.25, -0.2) is 4.39 Å². The van der Waals surface area contributed by atoms with E-state index in [1.54, 1.807) is 24.5 Å². The Labute approximate surface area is 134 Å². The molecule has 1 N–H and O–H groups in total. The maximum atomic E-state index is 13.0. The van der Waals surface area contributed by atoms with E-state index >= 15 is 0 Å². The molecule has 1 aliphatic heterocycles. The lowest BCUT2D eigenvalue weighted by Crippen LogP contribution is -2.31. The minimum absolute atomic E-state index is 0.0130. The van der Waals surface area contributed by atoms with Gasteiger partial charge in [-0.3, -0.25) is 9.78 Å². The summed E-state index contributed by atoms with van der Waals surface area (Å²) in [5, 5.41) is 2.97. The van der Waals surface area contributed by atoms with Crippen LogP contribution in [0, 0.1) is 11.7 Å². The van der Waals surface area contributed by atoms with Gasteiger partial charge in [-0.05, 0) is 41.8 Å². The van der Waals surface area contributed by atoms with Crippen molar-refractivity contribution in [3.8, 4) is 0 Å². The summed E-state index contributed by atoms with van der Waals surface area (Å²) < 4.78 is 18.8. The van der Waals surface area contributed by atoms with E-state index in [4.69, 9.17) is 4.74 Å². The quantitative estimate of drug-likeness (QED) is 0.923. The van der Waals surface area contributed by atoms with E-state index in [1.807, 2.05) is 12.1 Å². The van der Waals surface area contributed by atoms with Gasteiger partial charge in [-0.1, -0.05) is 12.1 Å². The molecule has 3 rings (SSSR count). The van der Waals surface area contributed by atoms with Gasteiger partial charge in [-0.15, -0.1) is 0 Å². The van der Waals surface area contributed by atoms with Gasteiger partial charge in [0.15, 0.2) is 0 Å². The maximum absolute atomic E-state index is 13.0. The number of amides is 1. The maximum Gasteiger partial charge on any atom is 0.224 e. The van der Waals surface area contributed by atoms with Crippen LogP contribution in [0.5, 0.6) is 0 Å². The predicted molar refractivity (Wildman–Crippen MR) is 84.2 cm³/mol. The van der Waals surface area contributed by atoms with Crippen LogP contribution in [0.15, 0.2) is 48.8 Å². The second-order valence-corrected chi connectivity index (χ2v) is 5.73. The fourth-order valence-corrected chi connectivity index (χ4v) is 2.86. The SMILES string of the molecule is O=C(Cc1ccncc1)NC[C@@H]1CCO[C@H]1c1ccc(F)cc1. The summed E-state index contributed by atoms with van der Waals surface area (Å²) in [5.41, 5.74) is 1.90. The first-order valence-corrected chi connectivity index (χ1v) is 7.75. The Bertz CT molecular complexity index is 646. The van der Waals surface area contributed by atoms with Crippen LogP contribution in [-0.2, 0) is 16.0 Å². The fraction of sp³-hybridized carbons (Fsp3) is 0.333. The van der Waals surface area contributed by atoms with Crippen LogP contribution in [0.4, 0.5) is 4.39 Å². The van der Waals surface area contributed by atoms with Gasteiger partial charge in [0.2, 0.25) is 5.91 Å². The van der Waals surface area contributed by atoms with Crippen molar-refractivity contribution in [3.63, 3.8) is 0 Å². The van der Waals surface area contributed by atoms with Crippen molar-refractivity contribution in [2.45, 2.75) is 18.9 Å². The monoisotopic (exact) mass is 314 g/mol. The highest BCUT2D eigenvalue weighted by molar-refractivity contribution is 5.78. The smallest absolute Gasteiger partial charge is 0.224 e. The lowest BCUT2D eigenvalue weighted by Gasteiger charge is -2.19. The number of carbonyl (C=O) groups excluding carboxylic acids is 1. The molecule has 2 aromatic rings. The Morgan fingerprint density at radius 3 is 2.70 bits per heavy atom. The zero-order valence-electron chi connectivity index (χ0n) is 12.7. The molecule has 1 amide bonds. The molecule has 1 aromatic heterocycles. The molecule has 2 atom stereocenters. The second kappa shape index (κ2) is 7.33. The topological polar surface area (TPSA) is 51.2 Å². The average Bonchev–Trinajstić information content (AvgIpc) is 3.03. The highest BCUT2D eigenvalue weighted by Crippen LogP contribution is 2.34. The summed E-state index contributed by atoms with van der Waals surface area (Å²) in [5.74, 6) is -0.0586. The van der Waals surface area contributed by atoms with E-state index in [-0.39, 0.29) is 23.7 Å². The van der Waals surface area contributed by atoms with Gasteiger partial charge in [0.05, 0.1) is 12.5 Å². The van der Waals surface area contributed by atoms with Gasteiger partial charge in [0.1, 0.15) is 5.82 Å². The standard InChI is InChI=1S/C18H19FN2O2/c19-16-3-1-14(2-4-16)18-15(7-10-23-18)12-21-17(22)11-13-5-8-20-9-6-13/h1-6,8-9,15,18H,7,10-12H2,(H,21,22)/t15-,18-/m0/s1. The summed E-state index contributed by atoms with van der Waals surface area (Å²) in [7, 11) is 0. The van der Waals surface area contributed by atoms with Gasteiger partial charge in [-0.2, -0.15) is 0 Å². The highest BCUT2D eigenvalue weighted by Gasteiger charge is 2.29. The molecule has 0 aliphatic carbocycles. The van der Waals surface area contributed by atoms with E-state index < -0.39 is 0 Å². The van der Waals surface area contributed by atoms with Crippen molar-refractivity contribution in [1.29, 1.82) is 0 Å². The molecule has 1 fully saturated rings. The first-order chi connectivity index (χ1) is 11.2. The molecule has 0 radical (unpaired) electrons. The number of halogens is 1. The fourth-order valence-electron chi connectivity index (χ4n) is 2.86.